The molecule has 12 nitrogen and oxygen atoms in total. The summed E-state index contributed by atoms with van der Waals surface area (Å²) in [4.78, 5) is 49.6. The third kappa shape index (κ3) is 34.1. The van der Waals surface area contributed by atoms with Gasteiger partial charge in [0.05, 0.1) is 13.2 Å². The number of phosphoric ester groups is 1. The molecule has 0 aromatic rings. The van der Waals surface area contributed by atoms with Crippen LogP contribution in [0.3, 0.4) is 0 Å². The number of carbonyl (C=O) groups is 4. The molecule has 56 heavy (non-hydrogen) atoms. The van der Waals surface area contributed by atoms with Crippen LogP contribution in [-0.4, -0.2) is 69.6 Å². The summed E-state index contributed by atoms with van der Waals surface area (Å²) < 4.78 is 51.1. The Morgan fingerprint density at radius 3 is 1.05 bits per heavy atom. The zero-order chi connectivity index (χ0) is 41.5. The maximum Gasteiger partial charge on any atom is 0.474 e. The SMILES string of the molecule is CCCCCCCCCCCCCC(=O)OC[C@H](COP(=O)(OC)OCC(COC(=O)CCC)OC(=O)CCC)OC(=O)CCCCCCCCCCCCC. The van der Waals surface area contributed by atoms with Crippen LogP contribution in [0.1, 0.15) is 207 Å². The van der Waals surface area contributed by atoms with Gasteiger partial charge in [-0.1, -0.05) is 156 Å². The quantitative estimate of drug-likeness (QED) is 0.0250. The number of esters is 4. The highest BCUT2D eigenvalue weighted by Crippen LogP contribution is 2.49. The lowest BCUT2D eigenvalue weighted by Gasteiger charge is -2.23. The topological polar surface area (TPSA) is 150 Å². The summed E-state index contributed by atoms with van der Waals surface area (Å²) in [6.07, 6.45) is 25.3. The van der Waals surface area contributed by atoms with Crippen LogP contribution in [-0.2, 0) is 56.3 Å². The number of carbonyl (C=O) groups excluding carboxylic acids is 4. The van der Waals surface area contributed by atoms with Gasteiger partial charge in [-0.15, -0.1) is 0 Å². The van der Waals surface area contributed by atoms with Crippen molar-refractivity contribution in [3.63, 3.8) is 0 Å². The van der Waals surface area contributed by atoms with Crippen LogP contribution >= 0.6 is 7.82 Å². The van der Waals surface area contributed by atoms with Crippen molar-refractivity contribution >= 4 is 31.7 Å². The van der Waals surface area contributed by atoms with Gasteiger partial charge in [0.2, 0.25) is 0 Å². The largest absolute Gasteiger partial charge is 0.474 e. The number of phosphoric acid groups is 1. The highest BCUT2D eigenvalue weighted by Gasteiger charge is 2.31. The van der Waals surface area contributed by atoms with E-state index in [1.165, 1.54) is 89.9 Å². The Morgan fingerprint density at radius 1 is 0.393 bits per heavy atom. The maximum atomic E-state index is 13.4. The third-order valence-corrected chi connectivity index (χ3v) is 10.8. The molecule has 0 aromatic heterocycles. The standard InChI is InChI=1S/C43H81O12P/c1-6-10-12-14-16-18-20-22-24-26-28-32-41(45)51-35-39(55-43(47)33-29-27-25-23-21-19-17-15-13-11-7-2)37-53-56(48,49-5)52-36-38(54-42(46)31-9-4)34-50-40(44)30-8-3/h38-39H,6-37H2,1-5H3/t38?,39-,56?/m1/s1. The van der Waals surface area contributed by atoms with Crippen molar-refractivity contribution in [3.8, 4) is 0 Å². The van der Waals surface area contributed by atoms with Crippen molar-refractivity contribution in [3.05, 3.63) is 0 Å². The van der Waals surface area contributed by atoms with Crippen LogP contribution in [0.15, 0.2) is 0 Å². The third-order valence-electron chi connectivity index (χ3n) is 9.39. The second-order valence-electron chi connectivity index (χ2n) is 14.9. The Hall–Kier alpha value is -2.01. The van der Waals surface area contributed by atoms with Crippen LogP contribution in [0.5, 0.6) is 0 Å². The second-order valence-corrected chi connectivity index (χ2v) is 16.7. The van der Waals surface area contributed by atoms with E-state index >= 15 is 0 Å². The highest BCUT2D eigenvalue weighted by molar-refractivity contribution is 7.48. The van der Waals surface area contributed by atoms with E-state index < -0.39 is 57.1 Å². The Labute approximate surface area is 340 Å². The van der Waals surface area contributed by atoms with Crippen LogP contribution in [0, 0.1) is 0 Å². The minimum absolute atomic E-state index is 0.141. The van der Waals surface area contributed by atoms with Crippen LogP contribution in [0.2, 0.25) is 0 Å². The molecule has 0 aromatic carbocycles. The molecule has 0 spiro atoms. The first-order valence-corrected chi connectivity index (χ1v) is 23.7. The average molecular weight is 821 g/mol. The minimum atomic E-state index is -4.27. The molecule has 3 atom stereocenters. The van der Waals surface area contributed by atoms with Gasteiger partial charge in [-0.3, -0.25) is 32.7 Å². The Balaban J connectivity index is 5.06. The lowest BCUT2D eigenvalue weighted by Crippen LogP contribution is -2.31. The van der Waals surface area contributed by atoms with E-state index in [9.17, 15) is 23.7 Å². The van der Waals surface area contributed by atoms with E-state index in [0.29, 0.717) is 25.7 Å². The maximum absolute atomic E-state index is 13.4. The summed E-state index contributed by atoms with van der Waals surface area (Å²) in [6.45, 7) is 6.63. The molecule has 0 aliphatic rings. The fourth-order valence-electron chi connectivity index (χ4n) is 6.00. The molecule has 0 amide bonds. The van der Waals surface area contributed by atoms with Crippen molar-refractivity contribution in [2.75, 3.05) is 33.5 Å². The number of hydrogen-bond donors (Lipinski definition) is 0. The van der Waals surface area contributed by atoms with Gasteiger partial charge < -0.3 is 18.9 Å². The first-order valence-electron chi connectivity index (χ1n) is 22.3. The van der Waals surface area contributed by atoms with E-state index in [4.69, 9.17) is 32.5 Å². The van der Waals surface area contributed by atoms with Gasteiger partial charge in [0.1, 0.15) is 13.2 Å². The monoisotopic (exact) mass is 821 g/mol. The molecule has 0 aliphatic heterocycles. The molecule has 0 saturated heterocycles. The molecule has 0 bridgehead atoms. The normalized spacial score (nSPS) is 13.4. The fraction of sp³-hybridized carbons (Fsp3) is 0.907. The summed E-state index contributed by atoms with van der Waals surface area (Å²) in [5, 5.41) is 0. The van der Waals surface area contributed by atoms with E-state index in [0.717, 1.165) is 45.6 Å². The summed E-state index contributed by atoms with van der Waals surface area (Å²) in [5.41, 5.74) is 0. The number of hydrogen-bond acceptors (Lipinski definition) is 12. The van der Waals surface area contributed by atoms with Crippen molar-refractivity contribution in [2.45, 2.75) is 220 Å². The molecular formula is C43H81O12P. The summed E-state index contributed by atoms with van der Waals surface area (Å²) in [6, 6.07) is 0. The Kier molecular flexibility index (Phi) is 37.1. The highest BCUT2D eigenvalue weighted by atomic mass is 31.2. The molecule has 13 heteroatoms. The molecule has 0 aliphatic carbocycles. The number of ether oxygens (including phenoxy) is 4. The molecule has 0 fully saturated rings. The van der Waals surface area contributed by atoms with Crippen molar-refractivity contribution in [2.24, 2.45) is 0 Å². The van der Waals surface area contributed by atoms with Crippen LogP contribution in [0.4, 0.5) is 0 Å². The van der Waals surface area contributed by atoms with Gasteiger partial charge in [-0.05, 0) is 25.7 Å². The van der Waals surface area contributed by atoms with Crippen LogP contribution in [0.25, 0.3) is 0 Å². The molecule has 0 N–H and O–H groups in total. The number of unbranched alkanes of at least 4 members (excludes halogenated alkanes) is 20. The molecule has 0 heterocycles. The van der Waals surface area contributed by atoms with Gasteiger partial charge >= 0.3 is 31.7 Å². The van der Waals surface area contributed by atoms with Crippen molar-refractivity contribution in [1.82, 2.24) is 0 Å². The van der Waals surface area contributed by atoms with Gasteiger partial charge in [-0.2, -0.15) is 0 Å². The van der Waals surface area contributed by atoms with E-state index in [2.05, 4.69) is 13.8 Å². The van der Waals surface area contributed by atoms with Crippen molar-refractivity contribution in [1.29, 1.82) is 0 Å². The van der Waals surface area contributed by atoms with Gasteiger partial charge in [-0.25, -0.2) is 4.57 Å². The van der Waals surface area contributed by atoms with Gasteiger partial charge in [0.25, 0.3) is 0 Å². The lowest BCUT2D eigenvalue weighted by atomic mass is 10.1. The average Bonchev–Trinajstić information content (AvgIpc) is 3.18. The predicted molar refractivity (Wildman–Crippen MR) is 220 cm³/mol. The molecular weight excluding hydrogens is 739 g/mol. The molecule has 330 valence electrons. The molecule has 0 radical (unpaired) electrons. The first-order chi connectivity index (χ1) is 27.1. The van der Waals surface area contributed by atoms with Gasteiger partial charge in [0.15, 0.2) is 12.2 Å². The summed E-state index contributed by atoms with van der Waals surface area (Å²) in [7, 11) is -3.14. The van der Waals surface area contributed by atoms with Crippen LogP contribution < -0.4 is 0 Å². The molecule has 0 rings (SSSR count). The summed E-state index contributed by atoms with van der Waals surface area (Å²) >= 11 is 0. The first kappa shape index (κ1) is 54.0. The number of rotatable bonds is 41. The van der Waals surface area contributed by atoms with E-state index in [1.54, 1.807) is 0 Å². The predicted octanol–water partition coefficient (Wildman–Crippen LogP) is 11.7. The van der Waals surface area contributed by atoms with E-state index in [1.807, 2.05) is 13.8 Å². The summed E-state index contributed by atoms with van der Waals surface area (Å²) in [5.74, 6) is -1.87. The minimum Gasteiger partial charge on any atom is -0.462 e. The Morgan fingerprint density at radius 2 is 0.696 bits per heavy atom. The smallest absolute Gasteiger partial charge is 0.462 e. The van der Waals surface area contributed by atoms with Crippen molar-refractivity contribution < 1.29 is 56.3 Å². The molecule has 0 saturated carbocycles. The fourth-order valence-corrected chi connectivity index (χ4v) is 6.99. The zero-order valence-electron chi connectivity index (χ0n) is 36.1. The zero-order valence-corrected chi connectivity index (χ0v) is 37.0. The lowest BCUT2D eigenvalue weighted by molar-refractivity contribution is -0.162. The second kappa shape index (κ2) is 38.5. The van der Waals surface area contributed by atoms with E-state index in [-0.39, 0.29) is 38.9 Å². The molecule has 2 unspecified atom stereocenters. The van der Waals surface area contributed by atoms with Gasteiger partial charge in [0, 0.05) is 32.8 Å². The Bertz CT molecular complexity index is 1020.